The SMILES string of the molecule is CCCc1sc(CC(OC2CCCC2)C(O)c2cc(OC)c(C)c(OC)c2)nc1CC(=O)O. The highest BCUT2D eigenvalue weighted by atomic mass is 32.1. The van der Waals surface area contributed by atoms with Crippen LogP contribution in [0.2, 0.25) is 0 Å². The van der Waals surface area contributed by atoms with Crippen molar-refractivity contribution >= 4 is 17.3 Å². The number of methoxy groups -OCH3 is 2. The molecule has 182 valence electrons. The third-order valence-electron chi connectivity index (χ3n) is 6.13. The minimum absolute atomic E-state index is 0.0884. The van der Waals surface area contributed by atoms with Crippen molar-refractivity contribution in [1.82, 2.24) is 4.98 Å². The molecule has 0 radical (unpaired) electrons. The van der Waals surface area contributed by atoms with Gasteiger partial charge in [-0.1, -0.05) is 26.2 Å². The van der Waals surface area contributed by atoms with Gasteiger partial charge in [0.05, 0.1) is 43.5 Å². The molecule has 1 aromatic heterocycles. The number of carbonyl (C=O) groups is 1. The van der Waals surface area contributed by atoms with Crippen molar-refractivity contribution in [2.24, 2.45) is 0 Å². The molecule has 1 aliphatic rings. The lowest BCUT2D eigenvalue weighted by Crippen LogP contribution is -2.29. The standard InChI is InChI=1S/C25H35NO6S/c1-5-8-22-18(13-24(27)28)26-23(33-22)14-21(32-17-9-6-7-10-17)25(29)16-11-19(30-3)15(2)20(12-16)31-4/h11-12,17,21,25,29H,5-10,13-14H2,1-4H3,(H,27,28). The van der Waals surface area contributed by atoms with Crippen molar-refractivity contribution < 1.29 is 29.2 Å². The van der Waals surface area contributed by atoms with Crippen LogP contribution in [0.5, 0.6) is 11.5 Å². The van der Waals surface area contributed by atoms with Crippen molar-refractivity contribution in [3.05, 3.63) is 38.8 Å². The van der Waals surface area contributed by atoms with Gasteiger partial charge in [-0.2, -0.15) is 0 Å². The van der Waals surface area contributed by atoms with Crippen LogP contribution >= 0.6 is 11.3 Å². The van der Waals surface area contributed by atoms with E-state index in [1.165, 1.54) is 11.3 Å². The first kappa shape index (κ1) is 25.5. The van der Waals surface area contributed by atoms with Gasteiger partial charge in [-0.25, -0.2) is 4.98 Å². The average Bonchev–Trinajstić information content (AvgIpc) is 3.43. The lowest BCUT2D eigenvalue weighted by Gasteiger charge is -2.27. The van der Waals surface area contributed by atoms with E-state index in [9.17, 15) is 15.0 Å². The molecule has 33 heavy (non-hydrogen) atoms. The molecule has 8 heteroatoms. The number of aryl methyl sites for hydroxylation is 1. The van der Waals surface area contributed by atoms with Gasteiger partial charge < -0.3 is 24.4 Å². The van der Waals surface area contributed by atoms with Gasteiger partial charge in [-0.15, -0.1) is 11.3 Å². The van der Waals surface area contributed by atoms with Crippen molar-refractivity contribution in [1.29, 1.82) is 0 Å². The zero-order valence-corrected chi connectivity index (χ0v) is 20.7. The van der Waals surface area contributed by atoms with Crippen LogP contribution < -0.4 is 9.47 Å². The van der Waals surface area contributed by atoms with Crippen molar-refractivity contribution in [3.63, 3.8) is 0 Å². The molecule has 1 saturated carbocycles. The molecule has 0 amide bonds. The number of nitrogens with zero attached hydrogens (tertiary/aromatic N) is 1. The molecule has 2 atom stereocenters. The highest BCUT2D eigenvalue weighted by molar-refractivity contribution is 7.11. The largest absolute Gasteiger partial charge is 0.496 e. The van der Waals surface area contributed by atoms with Crippen molar-refractivity contribution in [3.8, 4) is 11.5 Å². The van der Waals surface area contributed by atoms with E-state index in [4.69, 9.17) is 14.2 Å². The third-order valence-corrected chi connectivity index (χ3v) is 7.31. The maximum absolute atomic E-state index is 11.4. The van der Waals surface area contributed by atoms with Gasteiger partial charge in [0, 0.05) is 16.9 Å². The molecule has 7 nitrogen and oxygen atoms in total. The smallest absolute Gasteiger partial charge is 0.309 e. The van der Waals surface area contributed by atoms with E-state index in [-0.39, 0.29) is 12.5 Å². The topological polar surface area (TPSA) is 98.1 Å². The summed E-state index contributed by atoms with van der Waals surface area (Å²) in [4.78, 5) is 16.9. The molecule has 0 bridgehead atoms. The fourth-order valence-electron chi connectivity index (χ4n) is 4.40. The summed E-state index contributed by atoms with van der Waals surface area (Å²) in [6.45, 7) is 3.98. The second kappa shape index (κ2) is 11.8. The normalized spacial score (nSPS) is 16.0. The number of carboxylic acid groups (broad SMARTS) is 1. The second-order valence-electron chi connectivity index (χ2n) is 8.58. The molecule has 1 heterocycles. The highest BCUT2D eigenvalue weighted by Crippen LogP contribution is 2.36. The van der Waals surface area contributed by atoms with Gasteiger partial charge in [0.1, 0.15) is 17.6 Å². The zero-order valence-electron chi connectivity index (χ0n) is 19.9. The molecular weight excluding hydrogens is 442 g/mol. The molecule has 0 aliphatic heterocycles. The average molecular weight is 478 g/mol. The number of ether oxygens (including phenoxy) is 3. The summed E-state index contributed by atoms with van der Waals surface area (Å²) in [5, 5.41) is 21.5. The highest BCUT2D eigenvalue weighted by Gasteiger charge is 2.30. The molecule has 1 aliphatic carbocycles. The Bertz CT molecular complexity index is 912. The number of rotatable bonds is 12. The Morgan fingerprint density at radius 1 is 1.21 bits per heavy atom. The van der Waals surface area contributed by atoms with E-state index in [0.717, 1.165) is 54.0 Å². The maximum atomic E-state index is 11.4. The Hall–Kier alpha value is -2.16. The lowest BCUT2D eigenvalue weighted by atomic mass is 9.99. The minimum Gasteiger partial charge on any atom is -0.496 e. The Morgan fingerprint density at radius 2 is 1.85 bits per heavy atom. The van der Waals surface area contributed by atoms with Gasteiger partial charge in [-0.05, 0) is 43.9 Å². The van der Waals surface area contributed by atoms with E-state index in [2.05, 4.69) is 11.9 Å². The fraction of sp³-hybridized carbons (Fsp3) is 0.600. The lowest BCUT2D eigenvalue weighted by molar-refractivity contribution is -0.136. The number of aromatic nitrogens is 1. The van der Waals surface area contributed by atoms with E-state index in [1.54, 1.807) is 14.2 Å². The number of carboxylic acids is 1. The van der Waals surface area contributed by atoms with Crippen molar-refractivity contribution in [2.45, 2.75) is 83.5 Å². The van der Waals surface area contributed by atoms with E-state index in [1.807, 2.05) is 19.1 Å². The summed E-state index contributed by atoms with van der Waals surface area (Å²) in [7, 11) is 3.19. The Kier molecular flexibility index (Phi) is 9.11. The Morgan fingerprint density at radius 3 is 2.39 bits per heavy atom. The second-order valence-corrected chi connectivity index (χ2v) is 9.75. The molecule has 0 saturated heterocycles. The molecule has 1 aromatic carbocycles. The van der Waals surface area contributed by atoms with Crippen LogP contribution in [0.3, 0.4) is 0 Å². The van der Waals surface area contributed by atoms with E-state index in [0.29, 0.717) is 29.2 Å². The predicted octanol–water partition coefficient (Wildman–Crippen LogP) is 4.65. The Labute approximate surface area is 199 Å². The van der Waals surface area contributed by atoms with Crippen molar-refractivity contribution in [2.75, 3.05) is 14.2 Å². The number of thiazole rings is 1. The summed E-state index contributed by atoms with van der Waals surface area (Å²) in [5.41, 5.74) is 2.15. The molecule has 2 aromatic rings. The van der Waals surface area contributed by atoms with Gasteiger partial charge >= 0.3 is 5.97 Å². The third kappa shape index (κ3) is 6.46. The van der Waals surface area contributed by atoms with Crippen LogP contribution in [0.15, 0.2) is 12.1 Å². The monoisotopic (exact) mass is 477 g/mol. The van der Waals surface area contributed by atoms with Gasteiger partial charge in [0.2, 0.25) is 0 Å². The summed E-state index contributed by atoms with van der Waals surface area (Å²) < 4.78 is 17.4. The molecular formula is C25H35NO6S. The van der Waals surface area contributed by atoms with Gasteiger partial charge in [-0.3, -0.25) is 4.79 Å². The first-order valence-corrected chi connectivity index (χ1v) is 12.4. The van der Waals surface area contributed by atoms with Crippen LogP contribution in [0.1, 0.15) is 71.8 Å². The fourth-order valence-corrected chi connectivity index (χ4v) is 5.63. The number of aliphatic carboxylic acids is 1. The summed E-state index contributed by atoms with van der Waals surface area (Å²) in [6, 6.07) is 3.65. The van der Waals surface area contributed by atoms with Gasteiger partial charge in [0.15, 0.2) is 0 Å². The molecule has 0 spiro atoms. The number of hydrogen-bond acceptors (Lipinski definition) is 7. The number of benzene rings is 1. The van der Waals surface area contributed by atoms with Crippen LogP contribution in [0, 0.1) is 6.92 Å². The quantitative estimate of drug-likeness (QED) is 0.459. The first-order valence-electron chi connectivity index (χ1n) is 11.6. The molecule has 2 N–H and O–H groups in total. The maximum Gasteiger partial charge on any atom is 0.309 e. The number of hydrogen-bond donors (Lipinski definition) is 2. The molecule has 2 unspecified atom stereocenters. The number of aliphatic hydroxyl groups excluding tert-OH is 1. The molecule has 3 rings (SSSR count). The summed E-state index contributed by atoms with van der Waals surface area (Å²) in [5.74, 6) is 0.402. The summed E-state index contributed by atoms with van der Waals surface area (Å²) >= 11 is 1.53. The zero-order chi connectivity index (χ0) is 24.0. The first-order chi connectivity index (χ1) is 15.9. The predicted molar refractivity (Wildman–Crippen MR) is 128 cm³/mol. The van der Waals surface area contributed by atoms with Crippen LogP contribution in [-0.2, 0) is 28.8 Å². The minimum atomic E-state index is -0.907. The Balaban J connectivity index is 1.91. The number of aliphatic hydroxyl groups is 1. The van der Waals surface area contributed by atoms with Crippen LogP contribution in [0.4, 0.5) is 0 Å². The van der Waals surface area contributed by atoms with Crippen LogP contribution in [-0.4, -0.2) is 47.6 Å². The van der Waals surface area contributed by atoms with Gasteiger partial charge in [0.25, 0.3) is 0 Å². The van der Waals surface area contributed by atoms with E-state index >= 15 is 0 Å². The molecule has 1 fully saturated rings. The summed E-state index contributed by atoms with van der Waals surface area (Å²) in [6.07, 6.45) is 4.93. The van der Waals surface area contributed by atoms with E-state index < -0.39 is 18.2 Å². The van der Waals surface area contributed by atoms with Crippen LogP contribution in [0.25, 0.3) is 0 Å².